The summed E-state index contributed by atoms with van der Waals surface area (Å²) in [4.78, 5) is 20.2. The van der Waals surface area contributed by atoms with Crippen molar-refractivity contribution in [3.8, 4) is 0 Å². The second kappa shape index (κ2) is 4.74. The molecule has 6 heteroatoms. The maximum Gasteiger partial charge on any atom is 0.363 e. The van der Waals surface area contributed by atoms with E-state index < -0.39 is 11.8 Å². The van der Waals surface area contributed by atoms with Crippen molar-refractivity contribution in [1.29, 1.82) is 0 Å². The summed E-state index contributed by atoms with van der Waals surface area (Å²) in [6, 6.07) is 4.92. The summed E-state index contributed by atoms with van der Waals surface area (Å²) < 4.78 is 18.1. The molecule has 1 aliphatic rings. The molecule has 3 rings (SSSR count). The van der Waals surface area contributed by atoms with E-state index in [-0.39, 0.29) is 11.6 Å². The van der Waals surface area contributed by atoms with Gasteiger partial charge < -0.3 is 4.74 Å². The molecule has 3 heterocycles. The minimum atomic E-state index is -0.548. The normalized spacial score (nSPS) is 16.6. The van der Waals surface area contributed by atoms with Gasteiger partial charge in [0.1, 0.15) is 5.82 Å². The van der Waals surface area contributed by atoms with Gasteiger partial charge in [-0.05, 0) is 29.2 Å². The lowest BCUT2D eigenvalue weighted by atomic mass is 10.2. The molecule has 0 saturated heterocycles. The number of aromatic nitrogens is 1. The number of carbonyl (C=O) groups excluding carboxylic acids is 1. The molecule has 0 bridgehead atoms. The Morgan fingerprint density at radius 1 is 1.37 bits per heavy atom. The molecule has 0 atom stereocenters. The van der Waals surface area contributed by atoms with Gasteiger partial charge in [-0.2, -0.15) is 0 Å². The number of hydrogen-bond acceptors (Lipinski definition) is 5. The van der Waals surface area contributed by atoms with Crippen molar-refractivity contribution < 1.29 is 13.9 Å². The summed E-state index contributed by atoms with van der Waals surface area (Å²) in [6.45, 7) is 0. The minimum Gasteiger partial charge on any atom is -0.401 e. The zero-order valence-corrected chi connectivity index (χ0v) is 10.4. The quantitative estimate of drug-likeness (QED) is 0.625. The second-order valence-electron chi connectivity index (χ2n) is 3.75. The first-order valence-corrected chi connectivity index (χ1v) is 6.27. The number of carbonyl (C=O) groups is 1. The Labute approximate surface area is 111 Å². The van der Waals surface area contributed by atoms with Gasteiger partial charge in [0.05, 0.1) is 11.1 Å². The molecule has 0 N–H and O–H groups in total. The zero-order chi connectivity index (χ0) is 13.2. The highest BCUT2D eigenvalue weighted by atomic mass is 32.1. The van der Waals surface area contributed by atoms with Crippen LogP contribution in [0.15, 0.2) is 46.7 Å². The van der Waals surface area contributed by atoms with Crippen molar-refractivity contribution in [2.24, 2.45) is 4.99 Å². The van der Waals surface area contributed by atoms with E-state index in [1.807, 2.05) is 17.5 Å². The van der Waals surface area contributed by atoms with Gasteiger partial charge in [0.2, 0.25) is 5.90 Å². The fraction of sp³-hybridized carbons (Fsp3) is 0. The Hall–Kier alpha value is -2.34. The summed E-state index contributed by atoms with van der Waals surface area (Å²) in [7, 11) is 0. The van der Waals surface area contributed by atoms with Gasteiger partial charge in [-0.1, -0.05) is 6.07 Å². The second-order valence-corrected chi connectivity index (χ2v) is 4.70. The van der Waals surface area contributed by atoms with Crippen LogP contribution in [0.2, 0.25) is 0 Å². The summed E-state index contributed by atoms with van der Waals surface area (Å²) in [5.41, 5.74) is 0.596. The van der Waals surface area contributed by atoms with Gasteiger partial charge in [-0.15, -0.1) is 11.3 Å². The number of aliphatic imine (C=N–C) groups is 1. The van der Waals surface area contributed by atoms with E-state index >= 15 is 0 Å². The monoisotopic (exact) mass is 274 g/mol. The zero-order valence-electron chi connectivity index (χ0n) is 9.54. The number of hydrogen-bond donors (Lipinski definition) is 0. The molecule has 19 heavy (non-hydrogen) atoms. The SMILES string of the molecule is O=C1OC(c2cccs2)=N/C1=C\c1cncc(F)c1. The summed E-state index contributed by atoms with van der Waals surface area (Å²) in [5, 5.41) is 1.86. The van der Waals surface area contributed by atoms with Gasteiger partial charge in [0, 0.05) is 6.20 Å². The third kappa shape index (κ3) is 2.43. The van der Waals surface area contributed by atoms with Gasteiger partial charge in [0.25, 0.3) is 0 Å². The molecule has 0 fully saturated rings. The summed E-state index contributed by atoms with van der Waals surface area (Å²) in [5.74, 6) is -0.744. The molecular formula is C13H7FN2O2S. The lowest BCUT2D eigenvalue weighted by Crippen LogP contribution is -2.03. The Kier molecular flexibility index (Phi) is 2.92. The van der Waals surface area contributed by atoms with E-state index in [0.29, 0.717) is 5.56 Å². The van der Waals surface area contributed by atoms with Crippen LogP contribution in [0.4, 0.5) is 4.39 Å². The number of ether oxygens (including phenoxy) is 1. The summed E-state index contributed by atoms with van der Waals surface area (Å²) in [6.07, 6.45) is 3.98. The van der Waals surface area contributed by atoms with Crippen LogP contribution in [-0.2, 0) is 9.53 Å². The van der Waals surface area contributed by atoms with E-state index in [1.165, 1.54) is 29.7 Å². The van der Waals surface area contributed by atoms with Crippen LogP contribution in [0.3, 0.4) is 0 Å². The Balaban J connectivity index is 1.95. The highest BCUT2D eigenvalue weighted by Crippen LogP contribution is 2.21. The highest BCUT2D eigenvalue weighted by Gasteiger charge is 2.24. The molecule has 0 aliphatic carbocycles. The number of thiophene rings is 1. The first-order valence-electron chi connectivity index (χ1n) is 5.39. The number of esters is 1. The third-order valence-corrected chi connectivity index (χ3v) is 3.24. The molecule has 4 nitrogen and oxygen atoms in total. The van der Waals surface area contributed by atoms with Crippen LogP contribution in [0.1, 0.15) is 10.4 Å². The molecule has 1 aliphatic heterocycles. The van der Waals surface area contributed by atoms with Crippen molar-refractivity contribution in [1.82, 2.24) is 4.98 Å². The van der Waals surface area contributed by atoms with Crippen molar-refractivity contribution in [3.05, 3.63) is 57.9 Å². The fourth-order valence-corrected chi connectivity index (χ4v) is 2.23. The van der Waals surface area contributed by atoms with Crippen LogP contribution in [0.5, 0.6) is 0 Å². The average Bonchev–Trinajstić information content (AvgIpc) is 3.00. The van der Waals surface area contributed by atoms with Crippen LogP contribution in [0, 0.1) is 5.82 Å². The van der Waals surface area contributed by atoms with Gasteiger partial charge in [0.15, 0.2) is 5.70 Å². The molecule has 0 aromatic carbocycles. The highest BCUT2D eigenvalue weighted by molar-refractivity contribution is 7.12. The molecule has 0 unspecified atom stereocenters. The maximum atomic E-state index is 13.0. The van der Waals surface area contributed by atoms with Gasteiger partial charge >= 0.3 is 5.97 Å². The number of pyridine rings is 1. The average molecular weight is 274 g/mol. The lowest BCUT2D eigenvalue weighted by Gasteiger charge is -1.93. The van der Waals surface area contributed by atoms with Crippen LogP contribution in [0.25, 0.3) is 6.08 Å². The topological polar surface area (TPSA) is 51.5 Å². The predicted molar refractivity (Wildman–Crippen MR) is 69.1 cm³/mol. The number of halogens is 1. The Morgan fingerprint density at radius 2 is 2.26 bits per heavy atom. The Bertz CT molecular complexity index is 692. The van der Waals surface area contributed by atoms with Gasteiger partial charge in [-0.3, -0.25) is 4.98 Å². The maximum absolute atomic E-state index is 13.0. The first-order chi connectivity index (χ1) is 9.22. The van der Waals surface area contributed by atoms with Crippen LogP contribution >= 0.6 is 11.3 Å². The van der Waals surface area contributed by atoms with Crippen LogP contribution in [-0.4, -0.2) is 16.9 Å². The van der Waals surface area contributed by atoms with Gasteiger partial charge in [-0.25, -0.2) is 14.2 Å². The van der Waals surface area contributed by atoms with Crippen molar-refractivity contribution in [2.45, 2.75) is 0 Å². The number of rotatable bonds is 2. The molecule has 0 radical (unpaired) electrons. The molecule has 0 amide bonds. The van der Waals surface area contributed by atoms with E-state index in [9.17, 15) is 9.18 Å². The molecule has 0 spiro atoms. The summed E-state index contributed by atoms with van der Waals surface area (Å²) >= 11 is 1.43. The number of nitrogens with zero attached hydrogens (tertiary/aromatic N) is 2. The van der Waals surface area contributed by atoms with E-state index in [2.05, 4.69) is 9.98 Å². The molecule has 0 saturated carbocycles. The first kappa shape index (κ1) is 11.7. The van der Waals surface area contributed by atoms with E-state index in [4.69, 9.17) is 4.74 Å². The van der Waals surface area contributed by atoms with E-state index in [0.717, 1.165) is 11.1 Å². The van der Waals surface area contributed by atoms with Crippen molar-refractivity contribution >= 4 is 29.3 Å². The third-order valence-electron chi connectivity index (χ3n) is 2.38. The van der Waals surface area contributed by atoms with Crippen molar-refractivity contribution in [2.75, 3.05) is 0 Å². The molecule has 2 aromatic rings. The molecule has 94 valence electrons. The van der Waals surface area contributed by atoms with Crippen LogP contribution < -0.4 is 0 Å². The predicted octanol–water partition coefficient (Wildman–Crippen LogP) is 2.63. The molecule has 2 aromatic heterocycles. The van der Waals surface area contributed by atoms with E-state index in [1.54, 1.807) is 0 Å². The van der Waals surface area contributed by atoms with Crippen molar-refractivity contribution in [3.63, 3.8) is 0 Å². The standard InChI is InChI=1S/C13H7FN2O2S/c14-9-4-8(6-15-7-9)5-10-13(17)18-12(16-10)11-2-1-3-19-11/h1-7H/b10-5-. The lowest BCUT2D eigenvalue weighted by molar-refractivity contribution is -0.129. The minimum absolute atomic E-state index is 0.135. The fourth-order valence-electron chi connectivity index (χ4n) is 1.58. The smallest absolute Gasteiger partial charge is 0.363 e. The largest absolute Gasteiger partial charge is 0.401 e. The number of cyclic esters (lactones) is 1. The Morgan fingerprint density at radius 3 is 3.00 bits per heavy atom. The molecular weight excluding hydrogens is 267 g/mol.